The second-order valence-electron chi connectivity index (χ2n) is 5.39. The lowest BCUT2D eigenvalue weighted by atomic mass is 10.2. The Labute approximate surface area is 149 Å². The molecule has 1 aliphatic heterocycles. The predicted octanol–water partition coefficient (Wildman–Crippen LogP) is 3.22. The van der Waals surface area contributed by atoms with E-state index in [0.717, 1.165) is 30.6 Å². The molecular weight excluding hydrogens is 370 g/mol. The molecule has 0 radical (unpaired) electrons. The Kier molecular flexibility index (Phi) is 5.19. The maximum absolute atomic E-state index is 12.8. The van der Waals surface area contributed by atoms with Crippen molar-refractivity contribution in [1.29, 1.82) is 0 Å². The minimum Gasteiger partial charge on any atom is -0.306 e. The third-order valence-electron chi connectivity index (χ3n) is 3.74. The summed E-state index contributed by atoms with van der Waals surface area (Å²) in [5.74, 6) is -0.172. The first-order valence-corrected chi connectivity index (χ1v) is 10.2. The highest BCUT2D eigenvalue weighted by molar-refractivity contribution is 7.89. The van der Waals surface area contributed by atoms with Crippen LogP contribution in [0.3, 0.4) is 0 Å². The lowest BCUT2D eigenvalue weighted by Crippen LogP contribution is -2.36. The highest BCUT2D eigenvalue weighted by Crippen LogP contribution is 2.28. The highest BCUT2D eigenvalue weighted by Gasteiger charge is 2.31. The van der Waals surface area contributed by atoms with Gasteiger partial charge in [0, 0.05) is 19.3 Å². The number of hydrogen-bond donors (Lipinski definition) is 1. The van der Waals surface area contributed by atoms with Crippen LogP contribution in [0.25, 0.3) is 0 Å². The number of nitrogens with zero attached hydrogens (tertiary/aromatic N) is 2. The largest absolute Gasteiger partial charge is 0.306 e. The molecule has 9 heteroatoms. The minimum atomic E-state index is -3.65. The van der Waals surface area contributed by atoms with Crippen LogP contribution >= 0.6 is 22.9 Å². The maximum atomic E-state index is 12.8. The second kappa shape index (κ2) is 7.18. The third kappa shape index (κ3) is 3.61. The number of carbonyl (C=O) groups excluding carboxylic acids is 1. The fourth-order valence-electron chi connectivity index (χ4n) is 2.53. The number of thiophene rings is 1. The van der Waals surface area contributed by atoms with Gasteiger partial charge in [-0.15, -0.1) is 11.3 Å². The molecule has 0 saturated carbocycles. The first-order valence-electron chi connectivity index (χ1n) is 7.49. The predicted molar refractivity (Wildman–Crippen MR) is 94.1 cm³/mol. The van der Waals surface area contributed by atoms with E-state index < -0.39 is 15.9 Å². The summed E-state index contributed by atoms with van der Waals surface area (Å²) < 4.78 is 27.0. The van der Waals surface area contributed by atoms with E-state index in [9.17, 15) is 13.2 Å². The van der Waals surface area contributed by atoms with Crippen molar-refractivity contribution < 1.29 is 13.2 Å². The van der Waals surface area contributed by atoms with Crippen molar-refractivity contribution >= 4 is 44.7 Å². The van der Waals surface area contributed by atoms with E-state index in [0.29, 0.717) is 23.9 Å². The van der Waals surface area contributed by atoms with E-state index in [1.54, 1.807) is 17.5 Å². The van der Waals surface area contributed by atoms with Gasteiger partial charge in [0.2, 0.25) is 10.0 Å². The van der Waals surface area contributed by atoms with Crippen molar-refractivity contribution in [2.24, 2.45) is 0 Å². The van der Waals surface area contributed by atoms with Crippen LogP contribution in [0.4, 0.5) is 5.82 Å². The topological polar surface area (TPSA) is 79.4 Å². The molecule has 0 atom stereocenters. The molecular formula is C15H16ClN3O3S2. The zero-order valence-corrected chi connectivity index (χ0v) is 15.1. The van der Waals surface area contributed by atoms with E-state index in [-0.39, 0.29) is 9.77 Å². The van der Waals surface area contributed by atoms with Crippen molar-refractivity contribution in [2.45, 2.75) is 24.2 Å². The third-order valence-corrected chi connectivity index (χ3v) is 6.94. The van der Waals surface area contributed by atoms with Gasteiger partial charge in [0.05, 0.1) is 5.02 Å². The van der Waals surface area contributed by atoms with Crippen molar-refractivity contribution in [1.82, 2.24) is 9.29 Å². The summed E-state index contributed by atoms with van der Waals surface area (Å²) in [6, 6.07) is 4.65. The smallest absolute Gasteiger partial charge is 0.268 e. The van der Waals surface area contributed by atoms with Crippen molar-refractivity contribution in [3.63, 3.8) is 0 Å². The molecule has 0 unspecified atom stereocenters. The number of sulfonamides is 1. The van der Waals surface area contributed by atoms with Crippen molar-refractivity contribution in [3.8, 4) is 0 Å². The zero-order chi connectivity index (χ0) is 17.2. The van der Waals surface area contributed by atoms with Gasteiger partial charge in [0.25, 0.3) is 5.91 Å². The first-order chi connectivity index (χ1) is 11.5. The summed E-state index contributed by atoms with van der Waals surface area (Å²) in [7, 11) is -3.65. The van der Waals surface area contributed by atoms with E-state index >= 15 is 0 Å². The fraction of sp³-hybridized carbons (Fsp3) is 0.333. The van der Waals surface area contributed by atoms with Gasteiger partial charge in [-0.3, -0.25) is 4.79 Å². The molecule has 1 N–H and O–H groups in total. The molecule has 128 valence electrons. The molecule has 0 aromatic carbocycles. The Bertz CT molecular complexity index is 828. The molecule has 1 amide bonds. The Balaban J connectivity index is 1.84. The Morgan fingerprint density at radius 2 is 1.96 bits per heavy atom. The number of piperidine rings is 1. The quantitative estimate of drug-likeness (QED) is 0.876. The summed E-state index contributed by atoms with van der Waals surface area (Å²) in [6.45, 7) is 0.996. The number of carbonyl (C=O) groups is 1. The van der Waals surface area contributed by atoms with Gasteiger partial charge in [-0.2, -0.15) is 4.31 Å². The molecule has 0 spiro atoms. The van der Waals surface area contributed by atoms with E-state index in [4.69, 9.17) is 11.6 Å². The molecule has 24 heavy (non-hydrogen) atoms. The summed E-state index contributed by atoms with van der Waals surface area (Å²) in [6.07, 6.45) is 4.14. The average Bonchev–Trinajstić information content (AvgIpc) is 3.08. The number of halogens is 1. The summed E-state index contributed by atoms with van der Waals surface area (Å²) in [4.78, 5) is 16.7. The van der Waals surface area contributed by atoms with Crippen LogP contribution < -0.4 is 5.32 Å². The van der Waals surface area contributed by atoms with Crippen LogP contribution in [0.2, 0.25) is 5.02 Å². The van der Waals surface area contributed by atoms with Gasteiger partial charge < -0.3 is 5.32 Å². The number of aromatic nitrogens is 1. The van der Waals surface area contributed by atoms with Crippen LogP contribution in [0.5, 0.6) is 0 Å². The zero-order valence-electron chi connectivity index (χ0n) is 12.7. The van der Waals surface area contributed by atoms with Crippen LogP contribution in [0, 0.1) is 0 Å². The summed E-state index contributed by atoms with van der Waals surface area (Å²) in [5, 5.41) is 4.67. The minimum absolute atomic E-state index is 0.0564. The molecule has 1 saturated heterocycles. The van der Waals surface area contributed by atoms with Crippen LogP contribution in [-0.4, -0.2) is 36.7 Å². The average molecular weight is 386 g/mol. The fourth-order valence-corrected chi connectivity index (χ4v) is 5.46. The normalized spacial score (nSPS) is 16.0. The first kappa shape index (κ1) is 17.3. The Morgan fingerprint density at radius 1 is 1.21 bits per heavy atom. The van der Waals surface area contributed by atoms with Crippen LogP contribution in [0.15, 0.2) is 34.7 Å². The molecule has 3 rings (SSSR count). The van der Waals surface area contributed by atoms with Crippen molar-refractivity contribution in [2.75, 3.05) is 18.4 Å². The van der Waals surface area contributed by atoms with Gasteiger partial charge in [-0.25, -0.2) is 13.4 Å². The lowest BCUT2D eigenvalue weighted by Gasteiger charge is -2.25. The summed E-state index contributed by atoms with van der Waals surface area (Å²) in [5.41, 5.74) is 0. The molecule has 1 aliphatic rings. The SMILES string of the molecule is O=C(Nc1ccc(Cl)cn1)c1sccc1S(=O)(=O)N1CCCCC1. The van der Waals surface area contributed by atoms with Gasteiger partial charge in [-0.05, 0) is 36.4 Å². The molecule has 1 fully saturated rings. The molecule has 6 nitrogen and oxygen atoms in total. The monoisotopic (exact) mass is 385 g/mol. The number of nitrogens with one attached hydrogen (secondary N) is 1. The molecule has 2 aromatic heterocycles. The molecule has 2 aromatic rings. The number of anilines is 1. The highest BCUT2D eigenvalue weighted by atomic mass is 35.5. The standard InChI is InChI=1S/C15H16ClN3O3S2/c16-11-4-5-13(17-10-11)18-15(20)14-12(6-9-23-14)24(21,22)19-7-2-1-3-8-19/h4-6,9-10H,1-3,7-8H2,(H,17,18,20). The molecule has 0 aliphatic carbocycles. The van der Waals surface area contributed by atoms with Crippen LogP contribution in [-0.2, 0) is 10.0 Å². The van der Waals surface area contributed by atoms with E-state index in [2.05, 4.69) is 10.3 Å². The lowest BCUT2D eigenvalue weighted by molar-refractivity contribution is 0.102. The Morgan fingerprint density at radius 3 is 2.62 bits per heavy atom. The second-order valence-corrected chi connectivity index (χ2v) is 8.65. The summed E-state index contributed by atoms with van der Waals surface area (Å²) >= 11 is 6.86. The van der Waals surface area contributed by atoms with Gasteiger partial charge in [-0.1, -0.05) is 18.0 Å². The van der Waals surface area contributed by atoms with Gasteiger partial charge >= 0.3 is 0 Å². The molecule has 3 heterocycles. The molecule has 0 bridgehead atoms. The number of rotatable bonds is 4. The number of hydrogen-bond acceptors (Lipinski definition) is 5. The van der Waals surface area contributed by atoms with Gasteiger partial charge in [0.15, 0.2) is 0 Å². The maximum Gasteiger partial charge on any atom is 0.268 e. The van der Waals surface area contributed by atoms with E-state index in [1.165, 1.54) is 16.6 Å². The van der Waals surface area contributed by atoms with Crippen molar-refractivity contribution in [3.05, 3.63) is 39.7 Å². The van der Waals surface area contributed by atoms with Gasteiger partial charge in [0.1, 0.15) is 15.6 Å². The number of amides is 1. The number of pyridine rings is 1. The Hall–Kier alpha value is -1.48. The van der Waals surface area contributed by atoms with E-state index in [1.807, 2.05) is 0 Å². The van der Waals surface area contributed by atoms with Crippen LogP contribution in [0.1, 0.15) is 28.9 Å².